The molecule has 2 nitrogen and oxygen atoms in total. The van der Waals surface area contributed by atoms with E-state index in [1.807, 2.05) is 6.07 Å². The largest absolute Gasteiger partial charge is 0.366 e. The maximum absolute atomic E-state index is 8.21. The van der Waals surface area contributed by atoms with Crippen LogP contribution in [0.25, 0.3) is 0 Å². The molecular formula is C9H15NO. The van der Waals surface area contributed by atoms with Gasteiger partial charge in [0.1, 0.15) is 6.61 Å². The molecule has 0 saturated heterocycles. The highest BCUT2D eigenvalue weighted by molar-refractivity contribution is 4.75. The molecule has 1 atom stereocenters. The highest BCUT2D eigenvalue weighted by Gasteiger charge is 2.23. The summed E-state index contributed by atoms with van der Waals surface area (Å²) in [6.45, 7) is 3.22. The summed E-state index contributed by atoms with van der Waals surface area (Å²) in [6, 6.07) is 1.98. The molecule has 2 heteroatoms. The molecule has 1 saturated carbocycles. The van der Waals surface area contributed by atoms with Crippen LogP contribution in [-0.4, -0.2) is 13.2 Å². The Morgan fingerprint density at radius 3 is 2.82 bits per heavy atom. The molecule has 0 aromatic rings. The van der Waals surface area contributed by atoms with E-state index < -0.39 is 0 Å². The van der Waals surface area contributed by atoms with Gasteiger partial charge in [-0.25, -0.2) is 0 Å². The molecule has 1 aliphatic carbocycles. The monoisotopic (exact) mass is 153 g/mol. The quantitative estimate of drug-likeness (QED) is 0.578. The molecule has 1 unspecified atom stereocenters. The smallest absolute Gasteiger partial charge is 0.133 e. The van der Waals surface area contributed by atoms with E-state index in [1.165, 1.54) is 19.3 Å². The van der Waals surface area contributed by atoms with Crippen molar-refractivity contribution in [3.05, 3.63) is 0 Å². The van der Waals surface area contributed by atoms with Crippen LogP contribution >= 0.6 is 0 Å². The molecular weight excluding hydrogens is 138 g/mol. The Balaban J connectivity index is 2.01. The van der Waals surface area contributed by atoms with Crippen LogP contribution in [0.15, 0.2) is 0 Å². The number of nitrogens with zero attached hydrogens (tertiary/aromatic N) is 1. The number of hydrogen-bond acceptors (Lipinski definition) is 2. The third kappa shape index (κ3) is 2.51. The summed E-state index contributed by atoms with van der Waals surface area (Å²) in [5.41, 5.74) is 0. The zero-order valence-electron chi connectivity index (χ0n) is 7.05. The van der Waals surface area contributed by atoms with Crippen molar-refractivity contribution in [2.45, 2.75) is 26.2 Å². The summed E-state index contributed by atoms with van der Waals surface area (Å²) in [7, 11) is 0. The lowest BCUT2D eigenvalue weighted by Gasteiger charge is -2.30. The summed E-state index contributed by atoms with van der Waals surface area (Å²) in [5, 5.41) is 8.21. The Kier molecular flexibility index (Phi) is 3.38. The molecule has 0 N–H and O–H groups in total. The molecule has 62 valence electrons. The molecule has 0 spiro atoms. The van der Waals surface area contributed by atoms with Crippen LogP contribution < -0.4 is 0 Å². The molecule has 0 radical (unpaired) electrons. The van der Waals surface area contributed by atoms with Crippen LogP contribution in [0.3, 0.4) is 0 Å². The van der Waals surface area contributed by atoms with Gasteiger partial charge in [0.15, 0.2) is 0 Å². The van der Waals surface area contributed by atoms with E-state index in [-0.39, 0.29) is 6.61 Å². The van der Waals surface area contributed by atoms with Gasteiger partial charge in [-0.2, -0.15) is 5.26 Å². The molecule has 1 aliphatic rings. The van der Waals surface area contributed by atoms with Crippen molar-refractivity contribution in [2.24, 2.45) is 11.8 Å². The molecule has 0 aliphatic heterocycles. The molecule has 1 rings (SSSR count). The minimum Gasteiger partial charge on any atom is -0.366 e. The average molecular weight is 153 g/mol. The lowest BCUT2D eigenvalue weighted by Crippen LogP contribution is -2.23. The Bertz CT molecular complexity index is 146. The average Bonchev–Trinajstić information content (AvgIpc) is 1.84. The zero-order valence-corrected chi connectivity index (χ0v) is 7.05. The summed E-state index contributed by atoms with van der Waals surface area (Å²) in [5.74, 6) is 1.52. The number of rotatable bonds is 4. The minimum atomic E-state index is 0.247. The summed E-state index contributed by atoms with van der Waals surface area (Å²) < 4.78 is 5.14. The van der Waals surface area contributed by atoms with Gasteiger partial charge in [0.2, 0.25) is 0 Å². The first-order valence-corrected chi connectivity index (χ1v) is 4.29. The molecule has 0 aromatic carbocycles. The van der Waals surface area contributed by atoms with Crippen molar-refractivity contribution < 1.29 is 4.74 Å². The molecule has 1 fully saturated rings. The minimum absolute atomic E-state index is 0.247. The predicted octanol–water partition coefficient (Wildman–Crippen LogP) is 1.96. The van der Waals surface area contributed by atoms with Gasteiger partial charge in [-0.05, 0) is 11.8 Å². The van der Waals surface area contributed by atoms with E-state index in [2.05, 4.69) is 6.92 Å². The van der Waals surface area contributed by atoms with Crippen molar-refractivity contribution in [2.75, 3.05) is 13.2 Å². The molecule has 11 heavy (non-hydrogen) atoms. The Hall–Kier alpha value is -0.550. The maximum Gasteiger partial charge on any atom is 0.133 e. The molecule has 0 aromatic heterocycles. The summed E-state index contributed by atoms with van der Waals surface area (Å²) in [4.78, 5) is 0. The first-order valence-electron chi connectivity index (χ1n) is 4.29. The van der Waals surface area contributed by atoms with Crippen LogP contribution in [0.5, 0.6) is 0 Å². The van der Waals surface area contributed by atoms with Crippen LogP contribution in [0.2, 0.25) is 0 Å². The van der Waals surface area contributed by atoms with Gasteiger partial charge in [0, 0.05) is 0 Å². The van der Waals surface area contributed by atoms with Crippen molar-refractivity contribution in [1.82, 2.24) is 0 Å². The lowest BCUT2D eigenvalue weighted by atomic mass is 9.77. The first-order chi connectivity index (χ1) is 5.34. The third-order valence-corrected chi connectivity index (χ3v) is 2.50. The summed E-state index contributed by atoms with van der Waals surface area (Å²) in [6.07, 6.45) is 4.10. The van der Waals surface area contributed by atoms with Crippen LogP contribution in [0, 0.1) is 23.2 Å². The fourth-order valence-corrected chi connectivity index (χ4v) is 1.44. The number of nitriles is 1. The second-order valence-corrected chi connectivity index (χ2v) is 3.34. The van der Waals surface area contributed by atoms with Crippen molar-refractivity contribution in [3.8, 4) is 6.07 Å². The van der Waals surface area contributed by atoms with Crippen LogP contribution in [-0.2, 0) is 4.74 Å². The number of ether oxygens (including phenoxy) is 1. The zero-order chi connectivity index (χ0) is 8.10. The Morgan fingerprint density at radius 1 is 1.64 bits per heavy atom. The van der Waals surface area contributed by atoms with E-state index in [9.17, 15) is 0 Å². The SMILES string of the molecule is CC(COCC#N)C1CCC1. The maximum atomic E-state index is 8.21. The molecule has 0 amide bonds. The predicted molar refractivity (Wildman–Crippen MR) is 42.9 cm³/mol. The van der Waals surface area contributed by atoms with Crippen molar-refractivity contribution in [1.29, 1.82) is 5.26 Å². The fourth-order valence-electron chi connectivity index (χ4n) is 1.44. The normalized spacial score (nSPS) is 20.4. The second kappa shape index (κ2) is 4.35. The van der Waals surface area contributed by atoms with Crippen LogP contribution in [0.4, 0.5) is 0 Å². The Morgan fingerprint density at radius 2 is 2.36 bits per heavy atom. The first kappa shape index (κ1) is 8.55. The third-order valence-electron chi connectivity index (χ3n) is 2.50. The van der Waals surface area contributed by atoms with Crippen LogP contribution in [0.1, 0.15) is 26.2 Å². The highest BCUT2D eigenvalue weighted by Crippen LogP contribution is 2.33. The fraction of sp³-hybridized carbons (Fsp3) is 0.889. The van der Waals surface area contributed by atoms with E-state index in [1.54, 1.807) is 0 Å². The van der Waals surface area contributed by atoms with Gasteiger partial charge in [-0.3, -0.25) is 0 Å². The Labute approximate surface area is 68.2 Å². The summed E-state index contributed by atoms with van der Waals surface area (Å²) >= 11 is 0. The van der Waals surface area contributed by atoms with Gasteiger partial charge < -0.3 is 4.74 Å². The molecule has 0 heterocycles. The van der Waals surface area contributed by atoms with Gasteiger partial charge in [0.25, 0.3) is 0 Å². The highest BCUT2D eigenvalue weighted by atomic mass is 16.5. The molecule has 0 bridgehead atoms. The van der Waals surface area contributed by atoms with Gasteiger partial charge >= 0.3 is 0 Å². The van der Waals surface area contributed by atoms with E-state index in [0.717, 1.165) is 12.5 Å². The van der Waals surface area contributed by atoms with Gasteiger partial charge in [0.05, 0.1) is 12.7 Å². The van der Waals surface area contributed by atoms with Crippen molar-refractivity contribution in [3.63, 3.8) is 0 Å². The van der Waals surface area contributed by atoms with E-state index >= 15 is 0 Å². The van der Waals surface area contributed by atoms with Crippen molar-refractivity contribution >= 4 is 0 Å². The lowest BCUT2D eigenvalue weighted by molar-refractivity contribution is 0.0812. The van der Waals surface area contributed by atoms with Gasteiger partial charge in [-0.1, -0.05) is 26.2 Å². The standard InChI is InChI=1S/C9H15NO/c1-8(7-11-6-5-10)9-3-2-4-9/h8-9H,2-4,6-7H2,1H3. The number of hydrogen-bond donors (Lipinski definition) is 0. The topological polar surface area (TPSA) is 33.0 Å². The van der Waals surface area contributed by atoms with E-state index in [4.69, 9.17) is 10.00 Å². The second-order valence-electron chi connectivity index (χ2n) is 3.34. The van der Waals surface area contributed by atoms with Gasteiger partial charge in [-0.15, -0.1) is 0 Å². The van der Waals surface area contributed by atoms with E-state index in [0.29, 0.717) is 5.92 Å².